The van der Waals surface area contributed by atoms with Gasteiger partial charge < -0.3 is 20.5 Å². The number of likely N-dealkylation sites (N-methyl/N-ethyl adjacent to an activating group) is 1. The number of Topliss-reactive ketones (excluding diaryl/α,β-unsaturated/α-hetero) is 1. The summed E-state index contributed by atoms with van der Waals surface area (Å²) in [6, 6.07) is 5.04. The number of nitrogens with two attached hydrogens (primary N) is 1. The number of ketones is 1. The molecule has 0 saturated carbocycles. The number of benzene rings is 1. The average Bonchev–Trinajstić information content (AvgIpc) is 2.36. The van der Waals surface area contributed by atoms with Crippen molar-refractivity contribution in [1.82, 2.24) is 4.90 Å². The van der Waals surface area contributed by atoms with E-state index in [9.17, 15) is 4.79 Å². The van der Waals surface area contributed by atoms with Crippen LogP contribution in [0.5, 0.6) is 5.75 Å². The first kappa shape index (κ1) is 14.5. The van der Waals surface area contributed by atoms with Crippen LogP contribution in [0, 0.1) is 0 Å². The summed E-state index contributed by atoms with van der Waals surface area (Å²) in [5.41, 5.74) is 6.81. The number of hydrogen-bond donors (Lipinski definition) is 2. The number of methoxy groups -OCH3 is 1. The van der Waals surface area contributed by atoms with Gasteiger partial charge in [-0.15, -0.1) is 0 Å². The second-order valence-electron chi connectivity index (χ2n) is 4.16. The molecule has 0 aliphatic carbocycles. The van der Waals surface area contributed by atoms with Crippen molar-refractivity contribution >= 4 is 11.5 Å². The predicted octanol–water partition coefficient (Wildman–Crippen LogP) is 0.774. The molecule has 5 nitrogen and oxygen atoms in total. The fourth-order valence-corrected chi connectivity index (χ4v) is 1.63. The highest BCUT2D eigenvalue weighted by Gasteiger charge is 2.09. The van der Waals surface area contributed by atoms with Crippen molar-refractivity contribution in [2.24, 2.45) is 0 Å². The van der Waals surface area contributed by atoms with Crippen molar-refractivity contribution in [2.75, 3.05) is 39.6 Å². The van der Waals surface area contributed by atoms with Gasteiger partial charge in [0, 0.05) is 25.1 Å². The Morgan fingerprint density at radius 3 is 2.72 bits per heavy atom. The molecule has 0 saturated heterocycles. The molecule has 1 rings (SSSR count). The molecule has 1 aromatic rings. The van der Waals surface area contributed by atoms with Crippen LogP contribution in [0.15, 0.2) is 18.2 Å². The van der Waals surface area contributed by atoms with Gasteiger partial charge in [0.15, 0.2) is 5.78 Å². The third kappa shape index (κ3) is 4.01. The van der Waals surface area contributed by atoms with Crippen molar-refractivity contribution in [3.05, 3.63) is 23.8 Å². The van der Waals surface area contributed by atoms with Crippen LogP contribution < -0.4 is 10.5 Å². The molecule has 0 radical (unpaired) electrons. The largest absolute Gasteiger partial charge is 0.495 e. The van der Waals surface area contributed by atoms with Crippen LogP contribution in [0.25, 0.3) is 0 Å². The van der Waals surface area contributed by atoms with Crippen LogP contribution in [0.2, 0.25) is 0 Å². The lowest BCUT2D eigenvalue weighted by atomic mass is 10.1. The number of carbonyl (C=O) groups excluding carboxylic acids is 1. The SMILES string of the molecule is COc1ccc(C(=O)CCN(C)CCO)cc1N. The van der Waals surface area contributed by atoms with E-state index < -0.39 is 0 Å². The Kier molecular flexibility index (Phi) is 5.61. The highest BCUT2D eigenvalue weighted by atomic mass is 16.5. The Balaban J connectivity index is 2.59. The number of hydrogen-bond acceptors (Lipinski definition) is 5. The van der Waals surface area contributed by atoms with Crippen LogP contribution >= 0.6 is 0 Å². The van der Waals surface area contributed by atoms with Gasteiger partial charge in [-0.25, -0.2) is 0 Å². The first-order valence-corrected chi connectivity index (χ1v) is 5.84. The molecule has 3 N–H and O–H groups in total. The summed E-state index contributed by atoms with van der Waals surface area (Å²) < 4.78 is 5.04. The van der Waals surface area contributed by atoms with Crippen molar-refractivity contribution in [3.8, 4) is 5.75 Å². The molecule has 0 aliphatic heterocycles. The van der Waals surface area contributed by atoms with Crippen LogP contribution in [-0.2, 0) is 0 Å². The first-order valence-electron chi connectivity index (χ1n) is 5.84. The van der Waals surface area contributed by atoms with Crippen molar-refractivity contribution < 1.29 is 14.6 Å². The second-order valence-corrected chi connectivity index (χ2v) is 4.16. The van der Waals surface area contributed by atoms with E-state index in [4.69, 9.17) is 15.6 Å². The number of carbonyl (C=O) groups is 1. The highest BCUT2D eigenvalue weighted by molar-refractivity contribution is 5.97. The maximum Gasteiger partial charge on any atom is 0.164 e. The lowest BCUT2D eigenvalue weighted by Crippen LogP contribution is -2.25. The quantitative estimate of drug-likeness (QED) is 0.554. The molecule has 1 aromatic carbocycles. The van der Waals surface area contributed by atoms with Gasteiger partial charge >= 0.3 is 0 Å². The maximum absolute atomic E-state index is 11.9. The lowest BCUT2D eigenvalue weighted by molar-refractivity contribution is 0.0964. The van der Waals surface area contributed by atoms with Crippen LogP contribution in [0.1, 0.15) is 16.8 Å². The van der Waals surface area contributed by atoms with Crippen molar-refractivity contribution in [1.29, 1.82) is 0 Å². The molecule has 18 heavy (non-hydrogen) atoms. The Morgan fingerprint density at radius 1 is 1.44 bits per heavy atom. The van der Waals surface area contributed by atoms with E-state index in [0.29, 0.717) is 36.5 Å². The fraction of sp³-hybridized carbons (Fsp3) is 0.462. The minimum atomic E-state index is 0.0362. The van der Waals surface area contributed by atoms with Crippen molar-refractivity contribution in [2.45, 2.75) is 6.42 Å². The van der Waals surface area contributed by atoms with Crippen LogP contribution in [0.4, 0.5) is 5.69 Å². The minimum Gasteiger partial charge on any atom is -0.495 e. The van der Waals surface area contributed by atoms with Gasteiger partial charge in [-0.2, -0.15) is 0 Å². The van der Waals surface area contributed by atoms with E-state index in [2.05, 4.69) is 0 Å². The molecule has 0 heterocycles. The standard InChI is InChI=1S/C13H20N2O3/c1-15(7-8-16)6-5-12(17)10-3-4-13(18-2)11(14)9-10/h3-4,9,16H,5-8,14H2,1-2H3. The fourth-order valence-electron chi connectivity index (χ4n) is 1.63. The molecule has 0 unspecified atom stereocenters. The summed E-state index contributed by atoms with van der Waals surface area (Å²) >= 11 is 0. The molecule has 0 fully saturated rings. The maximum atomic E-state index is 11.9. The van der Waals surface area contributed by atoms with Gasteiger partial charge in [-0.3, -0.25) is 4.79 Å². The van der Waals surface area contributed by atoms with E-state index >= 15 is 0 Å². The smallest absolute Gasteiger partial charge is 0.164 e. The highest BCUT2D eigenvalue weighted by Crippen LogP contribution is 2.22. The molecule has 0 amide bonds. The van der Waals surface area contributed by atoms with E-state index in [1.165, 1.54) is 7.11 Å². The Labute approximate surface area is 107 Å². The topological polar surface area (TPSA) is 75.8 Å². The van der Waals surface area contributed by atoms with Gasteiger partial charge in [0.25, 0.3) is 0 Å². The lowest BCUT2D eigenvalue weighted by Gasteiger charge is -2.14. The zero-order valence-electron chi connectivity index (χ0n) is 10.8. The molecule has 5 heteroatoms. The molecular weight excluding hydrogens is 232 g/mol. The third-order valence-electron chi connectivity index (χ3n) is 2.75. The normalized spacial score (nSPS) is 10.7. The van der Waals surface area contributed by atoms with Gasteiger partial charge in [0.05, 0.1) is 19.4 Å². The van der Waals surface area contributed by atoms with E-state index in [-0.39, 0.29) is 12.4 Å². The number of aliphatic hydroxyl groups is 1. The van der Waals surface area contributed by atoms with E-state index in [1.807, 2.05) is 11.9 Å². The van der Waals surface area contributed by atoms with Crippen LogP contribution in [0.3, 0.4) is 0 Å². The number of nitrogen functional groups attached to an aromatic ring is 1. The monoisotopic (exact) mass is 252 g/mol. The average molecular weight is 252 g/mol. The predicted molar refractivity (Wildman–Crippen MR) is 70.9 cm³/mol. The minimum absolute atomic E-state index is 0.0362. The number of rotatable bonds is 7. The summed E-state index contributed by atoms with van der Waals surface area (Å²) in [5, 5.41) is 8.76. The van der Waals surface area contributed by atoms with E-state index in [0.717, 1.165) is 0 Å². The number of anilines is 1. The summed E-state index contributed by atoms with van der Waals surface area (Å²) in [5.74, 6) is 0.609. The Hall–Kier alpha value is -1.59. The molecule has 0 bridgehead atoms. The van der Waals surface area contributed by atoms with E-state index in [1.54, 1.807) is 18.2 Å². The molecule has 100 valence electrons. The van der Waals surface area contributed by atoms with Gasteiger partial charge in [-0.05, 0) is 25.2 Å². The number of nitrogens with zero attached hydrogens (tertiary/aromatic N) is 1. The molecule has 0 spiro atoms. The second kappa shape index (κ2) is 6.98. The molecule has 0 atom stereocenters. The Morgan fingerprint density at radius 2 is 2.17 bits per heavy atom. The molecule has 0 aromatic heterocycles. The number of aliphatic hydroxyl groups excluding tert-OH is 1. The summed E-state index contributed by atoms with van der Waals surface area (Å²) in [7, 11) is 3.41. The zero-order chi connectivity index (χ0) is 13.5. The third-order valence-corrected chi connectivity index (χ3v) is 2.75. The van der Waals surface area contributed by atoms with Gasteiger partial charge in [-0.1, -0.05) is 0 Å². The summed E-state index contributed by atoms with van der Waals surface area (Å²) in [4.78, 5) is 13.8. The molecule has 0 aliphatic rings. The Bertz CT molecular complexity index is 407. The molecular formula is C13H20N2O3. The summed E-state index contributed by atoms with van der Waals surface area (Å²) in [6.07, 6.45) is 0.405. The zero-order valence-corrected chi connectivity index (χ0v) is 10.8. The van der Waals surface area contributed by atoms with Gasteiger partial charge in [0.2, 0.25) is 0 Å². The van der Waals surface area contributed by atoms with Crippen LogP contribution in [-0.4, -0.2) is 49.6 Å². The van der Waals surface area contributed by atoms with Crippen molar-refractivity contribution in [3.63, 3.8) is 0 Å². The summed E-state index contributed by atoms with van der Waals surface area (Å²) in [6.45, 7) is 1.28. The number of ether oxygens (including phenoxy) is 1. The van der Waals surface area contributed by atoms with Gasteiger partial charge in [0.1, 0.15) is 5.75 Å². The first-order chi connectivity index (χ1) is 8.58.